The molecule has 4 rings (SSSR count). The van der Waals surface area contributed by atoms with Crippen LogP contribution >= 0.6 is 15.9 Å². The van der Waals surface area contributed by atoms with Crippen molar-refractivity contribution in [2.75, 3.05) is 0 Å². The van der Waals surface area contributed by atoms with Crippen LogP contribution in [0.2, 0.25) is 0 Å². The second-order valence-electron chi connectivity index (χ2n) is 3.61. The lowest BCUT2D eigenvalue weighted by atomic mass is 10.1. The number of alkyl halides is 2. The zero-order chi connectivity index (χ0) is 6.17. The van der Waals surface area contributed by atoms with Crippen molar-refractivity contribution in [1.29, 1.82) is 0 Å². The van der Waals surface area contributed by atoms with Crippen molar-refractivity contribution in [3.05, 3.63) is 0 Å². The number of halogens is 2. The van der Waals surface area contributed by atoms with Crippen molar-refractivity contribution in [3.8, 4) is 0 Å². The van der Waals surface area contributed by atoms with Crippen LogP contribution in [0.15, 0.2) is 0 Å². The van der Waals surface area contributed by atoms with E-state index in [1.165, 1.54) is 6.42 Å². The Bertz CT molecular complexity index is 150. The molecule has 4 bridgehead atoms. The molecule has 0 spiro atoms. The minimum Gasteiger partial charge on any atom is -0.247 e. The summed E-state index contributed by atoms with van der Waals surface area (Å²) in [7, 11) is 0. The van der Waals surface area contributed by atoms with Gasteiger partial charge in [-0.2, -0.15) is 0 Å². The lowest BCUT2D eigenvalue weighted by Gasteiger charge is -2.06. The highest BCUT2D eigenvalue weighted by Crippen LogP contribution is 2.73. The molecule has 0 heterocycles. The maximum Gasteiger partial charge on any atom is 0.107 e. The third kappa shape index (κ3) is 0.374. The molecule has 6 atom stereocenters. The highest BCUT2D eigenvalue weighted by atomic mass is 79.9. The molecule has 0 amide bonds. The Morgan fingerprint density at radius 2 is 2.00 bits per heavy atom. The van der Waals surface area contributed by atoms with Gasteiger partial charge in [-0.3, -0.25) is 0 Å². The Balaban J connectivity index is 2.07. The van der Waals surface area contributed by atoms with Crippen LogP contribution in [0.25, 0.3) is 0 Å². The fraction of sp³-hybridized carbons (Fsp3) is 1.00. The zero-order valence-corrected chi connectivity index (χ0v) is 6.51. The first-order chi connectivity index (χ1) is 4.30. The van der Waals surface area contributed by atoms with Crippen molar-refractivity contribution in [2.24, 2.45) is 23.7 Å². The van der Waals surface area contributed by atoms with E-state index in [0.29, 0.717) is 16.7 Å². The summed E-state index contributed by atoms with van der Waals surface area (Å²) in [6, 6.07) is 0. The maximum atomic E-state index is 13.0. The van der Waals surface area contributed by atoms with Gasteiger partial charge in [0.2, 0.25) is 0 Å². The van der Waals surface area contributed by atoms with Crippen molar-refractivity contribution in [1.82, 2.24) is 0 Å². The van der Waals surface area contributed by atoms with Crippen LogP contribution < -0.4 is 0 Å². The number of rotatable bonds is 0. The molecular formula is C7H8BrF. The fourth-order valence-corrected chi connectivity index (χ4v) is 4.21. The normalized spacial score (nSPS) is 75.3. The van der Waals surface area contributed by atoms with Gasteiger partial charge < -0.3 is 0 Å². The van der Waals surface area contributed by atoms with E-state index in [2.05, 4.69) is 15.9 Å². The quantitative estimate of drug-likeness (QED) is 0.513. The Hall–Kier alpha value is 0.410. The van der Waals surface area contributed by atoms with Crippen LogP contribution in [0.1, 0.15) is 6.42 Å². The molecule has 0 nitrogen and oxygen atoms in total. The highest BCUT2D eigenvalue weighted by Gasteiger charge is 2.73. The molecule has 4 aliphatic rings. The maximum absolute atomic E-state index is 13.0. The molecule has 4 saturated carbocycles. The Morgan fingerprint density at radius 3 is 2.11 bits per heavy atom. The van der Waals surface area contributed by atoms with Gasteiger partial charge in [-0.15, -0.1) is 0 Å². The standard InChI is InChI=1S/C7H8BrF/c8-6-3-1-2-4(6)5(2)7(3)9/h2-7H,1H2/t2-,3+,4-,5+,6-,7-/m1/s1. The van der Waals surface area contributed by atoms with E-state index in [1.807, 2.05) is 0 Å². The number of hydrogen-bond donors (Lipinski definition) is 0. The third-order valence-electron chi connectivity index (χ3n) is 3.39. The lowest BCUT2D eigenvalue weighted by molar-refractivity contribution is 0.274. The van der Waals surface area contributed by atoms with E-state index in [4.69, 9.17) is 0 Å². The van der Waals surface area contributed by atoms with Gasteiger partial charge in [0.05, 0.1) is 0 Å². The third-order valence-corrected chi connectivity index (χ3v) is 4.68. The Kier molecular flexibility index (Phi) is 0.696. The van der Waals surface area contributed by atoms with E-state index in [-0.39, 0.29) is 0 Å². The highest BCUT2D eigenvalue weighted by molar-refractivity contribution is 9.09. The summed E-state index contributed by atoms with van der Waals surface area (Å²) in [4.78, 5) is 0.544. The Labute approximate surface area is 61.9 Å². The first kappa shape index (κ1) is 5.11. The minimum absolute atomic E-state index is 0.394. The summed E-state index contributed by atoms with van der Waals surface area (Å²) in [5, 5.41) is 0. The average molecular weight is 191 g/mol. The summed E-state index contributed by atoms with van der Waals surface area (Å²) in [6.45, 7) is 0. The second kappa shape index (κ2) is 1.23. The molecule has 0 aromatic rings. The predicted molar refractivity (Wildman–Crippen MR) is 36.2 cm³/mol. The molecule has 50 valence electrons. The van der Waals surface area contributed by atoms with E-state index in [9.17, 15) is 4.39 Å². The molecule has 9 heavy (non-hydrogen) atoms. The van der Waals surface area contributed by atoms with Crippen molar-refractivity contribution < 1.29 is 4.39 Å². The van der Waals surface area contributed by atoms with Gasteiger partial charge in [0, 0.05) is 10.7 Å². The average Bonchev–Trinajstić information content (AvgIpc) is 2.18. The molecule has 0 aromatic heterocycles. The SMILES string of the molecule is F[C@@H]1[C@H]2C[C@@H]3[C@@H]([C@@H]2Br)[C@@H]13. The summed E-state index contributed by atoms with van der Waals surface area (Å²) in [5.74, 6) is 2.41. The van der Waals surface area contributed by atoms with E-state index < -0.39 is 6.17 Å². The van der Waals surface area contributed by atoms with Gasteiger partial charge in [-0.05, 0) is 24.2 Å². The monoisotopic (exact) mass is 190 g/mol. The lowest BCUT2D eigenvalue weighted by Crippen LogP contribution is -2.10. The predicted octanol–water partition coefficient (Wildman–Crippen LogP) is 1.98. The topological polar surface area (TPSA) is 0 Å². The molecule has 0 N–H and O–H groups in total. The molecule has 0 unspecified atom stereocenters. The van der Waals surface area contributed by atoms with Crippen LogP contribution in [0.3, 0.4) is 0 Å². The second-order valence-corrected chi connectivity index (χ2v) is 4.66. The van der Waals surface area contributed by atoms with E-state index in [1.54, 1.807) is 0 Å². The molecule has 0 aromatic carbocycles. The fourth-order valence-electron chi connectivity index (χ4n) is 2.96. The summed E-state index contributed by atoms with van der Waals surface area (Å²) < 4.78 is 13.0. The molecule has 0 aliphatic heterocycles. The first-order valence-corrected chi connectivity index (χ1v) is 4.50. The van der Waals surface area contributed by atoms with Gasteiger partial charge >= 0.3 is 0 Å². The Morgan fingerprint density at radius 1 is 1.22 bits per heavy atom. The minimum atomic E-state index is -0.440. The van der Waals surface area contributed by atoms with Crippen LogP contribution in [-0.4, -0.2) is 11.0 Å². The van der Waals surface area contributed by atoms with Gasteiger partial charge in [0.15, 0.2) is 0 Å². The zero-order valence-electron chi connectivity index (χ0n) is 4.93. The smallest absolute Gasteiger partial charge is 0.107 e. The van der Waals surface area contributed by atoms with Crippen LogP contribution in [0.4, 0.5) is 4.39 Å². The summed E-state index contributed by atoms with van der Waals surface area (Å²) in [5.41, 5.74) is 0. The molecular weight excluding hydrogens is 183 g/mol. The largest absolute Gasteiger partial charge is 0.247 e. The molecule has 0 radical (unpaired) electrons. The van der Waals surface area contributed by atoms with Crippen LogP contribution in [-0.2, 0) is 0 Å². The van der Waals surface area contributed by atoms with Gasteiger partial charge in [0.1, 0.15) is 6.17 Å². The van der Waals surface area contributed by atoms with Gasteiger partial charge in [-0.25, -0.2) is 4.39 Å². The molecule has 0 saturated heterocycles. The summed E-state index contributed by atoms with van der Waals surface area (Å²) >= 11 is 3.55. The van der Waals surface area contributed by atoms with Gasteiger partial charge in [0.25, 0.3) is 0 Å². The van der Waals surface area contributed by atoms with Crippen LogP contribution in [0.5, 0.6) is 0 Å². The molecule has 4 aliphatic carbocycles. The summed E-state index contributed by atoms with van der Waals surface area (Å²) in [6.07, 6.45) is 0.733. The van der Waals surface area contributed by atoms with Crippen LogP contribution in [0, 0.1) is 23.7 Å². The molecule has 4 fully saturated rings. The van der Waals surface area contributed by atoms with E-state index >= 15 is 0 Å². The van der Waals surface area contributed by atoms with Crippen molar-refractivity contribution in [3.63, 3.8) is 0 Å². The number of hydrogen-bond acceptors (Lipinski definition) is 0. The first-order valence-electron chi connectivity index (χ1n) is 3.59. The van der Waals surface area contributed by atoms with Gasteiger partial charge in [-0.1, -0.05) is 15.9 Å². The van der Waals surface area contributed by atoms with Crippen molar-refractivity contribution in [2.45, 2.75) is 17.4 Å². The van der Waals surface area contributed by atoms with E-state index in [0.717, 1.165) is 11.8 Å². The molecule has 2 heteroatoms. The van der Waals surface area contributed by atoms with Crippen molar-refractivity contribution >= 4 is 15.9 Å².